The van der Waals surface area contributed by atoms with Gasteiger partial charge in [-0.2, -0.15) is 0 Å². The van der Waals surface area contributed by atoms with Gasteiger partial charge in [-0.05, 0) is 44.1 Å². The summed E-state index contributed by atoms with van der Waals surface area (Å²) in [5.74, 6) is 0. The van der Waals surface area contributed by atoms with Crippen LogP contribution < -0.4 is 5.32 Å². The van der Waals surface area contributed by atoms with Crippen LogP contribution in [-0.4, -0.2) is 18.6 Å². The van der Waals surface area contributed by atoms with Crippen LogP contribution in [0.15, 0.2) is 18.3 Å². The first kappa shape index (κ1) is 10.1. The molecule has 0 spiro atoms. The molecule has 0 aliphatic heterocycles. The van der Waals surface area contributed by atoms with Crippen molar-refractivity contribution in [1.29, 1.82) is 0 Å². The highest BCUT2D eigenvalue weighted by Gasteiger charge is 1.96. The van der Waals surface area contributed by atoms with Crippen molar-refractivity contribution in [2.45, 2.75) is 19.5 Å². The number of halogens is 1. The highest BCUT2D eigenvalue weighted by atomic mass is 19.1. The van der Waals surface area contributed by atoms with Gasteiger partial charge in [-0.3, -0.25) is 4.98 Å². The van der Waals surface area contributed by atoms with Crippen molar-refractivity contribution in [3.63, 3.8) is 0 Å². The fourth-order valence-corrected chi connectivity index (χ4v) is 1.23. The Kier molecular flexibility index (Phi) is 4.40. The third-order valence-electron chi connectivity index (χ3n) is 1.91. The number of nitrogens with one attached hydrogen (secondary N) is 1. The SMILES string of the molecule is CNCCCc1ccnc(CF)c1. The number of hydrogen-bond donors (Lipinski definition) is 1. The van der Waals surface area contributed by atoms with Crippen LogP contribution in [0.1, 0.15) is 17.7 Å². The summed E-state index contributed by atoms with van der Waals surface area (Å²) in [7, 11) is 1.93. The molecule has 0 aliphatic carbocycles. The molecule has 0 amide bonds. The third-order valence-corrected chi connectivity index (χ3v) is 1.91. The second kappa shape index (κ2) is 5.65. The number of rotatable bonds is 5. The van der Waals surface area contributed by atoms with E-state index in [1.54, 1.807) is 6.20 Å². The second-order valence-electron chi connectivity index (χ2n) is 3.00. The van der Waals surface area contributed by atoms with E-state index < -0.39 is 6.67 Å². The molecule has 1 rings (SSSR count). The van der Waals surface area contributed by atoms with Gasteiger partial charge in [0.2, 0.25) is 0 Å². The first-order valence-corrected chi connectivity index (χ1v) is 4.51. The second-order valence-corrected chi connectivity index (χ2v) is 3.00. The highest BCUT2D eigenvalue weighted by molar-refractivity contribution is 5.15. The van der Waals surface area contributed by atoms with Crippen LogP contribution >= 0.6 is 0 Å². The zero-order valence-electron chi connectivity index (χ0n) is 7.89. The van der Waals surface area contributed by atoms with Gasteiger partial charge in [0.05, 0.1) is 5.69 Å². The van der Waals surface area contributed by atoms with Crippen LogP contribution in [0.4, 0.5) is 4.39 Å². The molecular weight excluding hydrogens is 167 g/mol. The van der Waals surface area contributed by atoms with Gasteiger partial charge in [0.1, 0.15) is 6.67 Å². The van der Waals surface area contributed by atoms with E-state index in [1.807, 2.05) is 19.2 Å². The van der Waals surface area contributed by atoms with E-state index in [1.165, 1.54) is 0 Å². The topological polar surface area (TPSA) is 24.9 Å². The summed E-state index contributed by atoms with van der Waals surface area (Å²) in [6.07, 6.45) is 3.73. The molecule has 72 valence electrons. The largest absolute Gasteiger partial charge is 0.320 e. The van der Waals surface area contributed by atoms with Gasteiger partial charge in [0, 0.05) is 6.20 Å². The average molecular weight is 182 g/mol. The normalized spacial score (nSPS) is 10.3. The average Bonchev–Trinajstić information content (AvgIpc) is 2.19. The van der Waals surface area contributed by atoms with Crippen LogP contribution in [-0.2, 0) is 13.1 Å². The van der Waals surface area contributed by atoms with Crippen molar-refractivity contribution >= 4 is 0 Å². The number of aromatic nitrogens is 1. The lowest BCUT2D eigenvalue weighted by molar-refractivity contribution is 0.475. The molecule has 1 heterocycles. The van der Waals surface area contributed by atoms with E-state index in [2.05, 4.69) is 10.3 Å². The maximum atomic E-state index is 12.2. The number of hydrogen-bond acceptors (Lipinski definition) is 2. The summed E-state index contributed by atoms with van der Waals surface area (Å²) >= 11 is 0. The minimum absolute atomic E-state index is 0.472. The molecule has 1 aromatic rings. The smallest absolute Gasteiger partial charge is 0.131 e. The minimum Gasteiger partial charge on any atom is -0.320 e. The van der Waals surface area contributed by atoms with Gasteiger partial charge in [-0.1, -0.05) is 0 Å². The molecule has 3 heteroatoms. The molecule has 0 aliphatic rings. The van der Waals surface area contributed by atoms with E-state index in [0.29, 0.717) is 5.69 Å². The number of alkyl halides is 1. The Labute approximate surface area is 78.2 Å². The van der Waals surface area contributed by atoms with Crippen molar-refractivity contribution in [1.82, 2.24) is 10.3 Å². The van der Waals surface area contributed by atoms with Crippen LogP contribution in [0.3, 0.4) is 0 Å². The zero-order valence-corrected chi connectivity index (χ0v) is 7.89. The molecule has 0 radical (unpaired) electrons. The number of nitrogens with zero attached hydrogens (tertiary/aromatic N) is 1. The predicted octanol–water partition coefficient (Wildman–Crippen LogP) is 1.70. The standard InChI is InChI=1S/C10H15FN2/c1-12-5-2-3-9-4-6-13-10(7-9)8-11/h4,6-7,12H,2-3,5,8H2,1H3. The van der Waals surface area contributed by atoms with Crippen molar-refractivity contribution < 1.29 is 4.39 Å². The molecule has 0 saturated heterocycles. The molecule has 0 fully saturated rings. The van der Waals surface area contributed by atoms with Crippen molar-refractivity contribution in [3.05, 3.63) is 29.6 Å². The van der Waals surface area contributed by atoms with Crippen LogP contribution in [0.25, 0.3) is 0 Å². The van der Waals surface area contributed by atoms with Gasteiger partial charge < -0.3 is 5.32 Å². The van der Waals surface area contributed by atoms with E-state index in [0.717, 1.165) is 24.9 Å². The maximum absolute atomic E-state index is 12.2. The molecule has 2 nitrogen and oxygen atoms in total. The van der Waals surface area contributed by atoms with E-state index in [9.17, 15) is 4.39 Å². The van der Waals surface area contributed by atoms with Crippen LogP contribution in [0.5, 0.6) is 0 Å². The van der Waals surface area contributed by atoms with Crippen molar-refractivity contribution in [3.8, 4) is 0 Å². The van der Waals surface area contributed by atoms with Crippen molar-refractivity contribution in [2.75, 3.05) is 13.6 Å². The lowest BCUT2D eigenvalue weighted by Crippen LogP contribution is -2.08. The minimum atomic E-state index is -0.472. The fraction of sp³-hybridized carbons (Fsp3) is 0.500. The van der Waals surface area contributed by atoms with Gasteiger partial charge in [-0.15, -0.1) is 0 Å². The molecule has 0 unspecified atom stereocenters. The summed E-state index contributed by atoms with van der Waals surface area (Å²) in [4.78, 5) is 3.90. The Morgan fingerprint density at radius 2 is 2.38 bits per heavy atom. The Morgan fingerprint density at radius 3 is 3.08 bits per heavy atom. The van der Waals surface area contributed by atoms with E-state index in [4.69, 9.17) is 0 Å². The summed E-state index contributed by atoms with van der Waals surface area (Å²) in [6, 6.07) is 3.77. The Morgan fingerprint density at radius 1 is 1.54 bits per heavy atom. The molecule has 0 atom stereocenters. The van der Waals surface area contributed by atoms with Gasteiger partial charge in [-0.25, -0.2) is 4.39 Å². The molecule has 0 aromatic carbocycles. The summed E-state index contributed by atoms with van der Waals surface area (Å²) in [6.45, 7) is 0.521. The fourth-order valence-electron chi connectivity index (χ4n) is 1.23. The van der Waals surface area contributed by atoms with Gasteiger partial charge in [0.15, 0.2) is 0 Å². The molecule has 0 saturated carbocycles. The van der Waals surface area contributed by atoms with Gasteiger partial charge in [0.25, 0.3) is 0 Å². The lowest BCUT2D eigenvalue weighted by atomic mass is 10.1. The first-order valence-electron chi connectivity index (χ1n) is 4.51. The monoisotopic (exact) mass is 182 g/mol. The highest BCUT2D eigenvalue weighted by Crippen LogP contribution is 2.05. The summed E-state index contributed by atoms with van der Waals surface area (Å²) < 4.78 is 12.2. The number of aryl methyl sites for hydroxylation is 1. The first-order chi connectivity index (χ1) is 6.36. The summed E-state index contributed by atoms with van der Waals surface area (Å²) in [5.41, 5.74) is 1.69. The Bertz CT molecular complexity index is 250. The Balaban J connectivity index is 2.46. The quantitative estimate of drug-likeness (QED) is 0.701. The van der Waals surface area contributed by atoms with Crippen LogP contribution in [0.2, 0.25) is 0 Å². The molecular formula is C10H15FN2. The molecule has 13 heavy (non-hydrogen) atoms. The Hall–Kier alpha value is -0.960. The lowest BCUT2D eigenvalue weighted by Gasteiger charge is -2.01. The molecule has 0 bridgehead atoms. The van der Waals surface area contributed by atoms with Crippen molar-refractivity contribution in [2.24, 2.45) is 0 Å². The maximum Gasteiger partial charge on any atom is 0.131 e. The summed E-state index contributed by atoms with van der Waals surface area (Å²) in [5, 5.41) is 3.08. The van der Waals surface area contributed by atoms with E-state index >= 15 is 0 Å². The molecule has 1 aromatic heterocycles. The van der Waals surface area contributed by atoms with E-state index in [-0.39, 0.29) is 0 Å². The molecule has 1 N–H and O–H groups in total. The van der Waals surface area contributed by atoms with Gasteiger partial charge >= 0.3 is 0 Å². The third kappa shape index (κ3) is 3.51. The number of pyridine rings is 1. The predicted molar refractivity (Wildman–Crippen MR) is 51.3 cm³/mol. The zero-order chi connectivity index (χ0) is 9.52. The van der Waals surface area contributed by atoms with Crippen LogP contribution in [0, 0.1) is 0 Å².